The monoisotopic (exact) mass is 368 g/mol. The number of phenolic OH excluding ortho intramolecular Hbond substituents is 1. The molecule has 0 aromatic heterocycles. The SMILES string of the molecule is Cl.Cl.Oc1c([C@H](C2CCCC2)N2CCNCC2)ccc(F)c1F. The number of rotatable bonds is 3. The van der Waals surface area contributed by atoms with Crippen LogP contribution in [0.3, 0.4) is 0 Å². The van der Waals surface area contributed by atoms with Crippen LogP contribution in [0.4, 0.5) is 8.78 Å². The van der Waals surface area contributed by atoms with Crippen LogP contribution in [-0.2, 0) is 0 Å². The molecule has 3 nitrogen and oxygen atoms in total. The predicted molar refractivity (Wildman–Crippen MR) is 91.7 cm³/mol. The minimum atomic E-state index is -1.12. The molecular weight excluding hydrogens is 345 g/mol. The van der Waals surface area contributed by atoms with Gasteiger partial charge in [0.1, 0.15) is 0 Å². The third kappa shape index (κ3) is 4.27. The van der Waals surface area contributed by atoms with Crippen molar-refractivity contribution in [2.24, 2.45) is 5.92 Å². The van der Waals surface area contributed by atoms with E-state index in [2.05, 4.69) is 10.2 Å². The maximum atomic E-state index is 13.7. The van der Waals surface area contributed by atoms with E-state index < -0.39 is 17.4 Å². The van der Waals surface area contributed by atoms with Crippen LogP contribution in [-0.4, -0.2) is 36.2 Å². The molecule has 1 aromatic rings. The molecular formula is C16H24Cl2F2N2O. The molecule has 132 valence electrons. The zero-order valence-electron chi connectivity index (χ0n) is 12.9. The highest BCUT2D eigenvalue weighted by molar-refractivity contribution is 5.85. The van der Waals surface area contributed by atoms with E-state index in [1.54, 1.807) is 6.07 Å². The van der Waals surface area contributed by atoms with Gasteiger partial charge in [-0.05, 0) is 24.8 Å². The number of nitrogens with one attached hydrogen (secondary N) is 1. The molecule has 0 bridgehead atoms. The number of benzene rings is 1. The molecule has 2 N–H and O–H groups in total. The van der Waals surface area contributed by atoms with Gasteiger partial charge in [-0.1, -0.05) is 18.9 Å². The van der Waals surface area contributed by atoms with Crippen molar-refractivity contribution in [1.29, 1.82) is 0 Å². The Morgan fingerprint density at radius 2 is 1.70 bits per heavy atom. The van der Waals surface area contributed by atoms with Crippen LogP contribution in [0.15, 0.2) is 12.1 Å². The first-order valence-electron chi connectivity index (χ1n) is 7.80. The first-order valence-corrected chi connectivity index (χ1v) is 7.80. The van der Waals surface area contributed by atoms with Crippen molar-refractivity contribution in [3.63, 3.8) is 0 Å². The van der Waals surface area contributed by atoms with Crippen molar-refractivity contribution in [3.05, 3.63) is 29.3 Å². The molecule has 3 rings (SSSR count). The molecule has 2 aliphatic rings. The van der Waals surface area contributed by atoms with Crippen LogP contribution in [0.25, 0.3) is 0 Å². The topological polar surface area (TPSA) is 35.5 Å². The van der Waals surface area contributed by atoms with Crippen LogP contribution < -0.4 is 5.32 Å². The zero-order chi connectivity index (χ0) is 14.8. The van der Waals surface area contributed by atoms with Crippen LogP contribution >= 0.6 is 24.8 Å². The number of phenols is 1. The number of aromatic hydroxyl groups is 1. The van der Waals surface area contributed by atoms with E-state index in [1.807, 2.05) is 0 Å². The Labute approximate surface area is 148 Å². The second-order valence-electron chi connectivity index (χ2n) is 6.07. The molecule has 1 atom stereocenters. The van der Waals surface area contributed by atoms with E-state index >= 15 is 0 Å². The number of hydrogen-bond acceptors (Lipinski definition) is 3. The van der Waals surface area contributed by atoms with Crippen molar-refractivity contribution >= 4 is 24.8 Å². The Morgan fingerprint density at radius 1 is 1.09 bits per heavy atom. The van der Waals surface area contributed by atoms with Gasteiger partial charge in [-0.15, -0.1) is 24.8 Å². The van der Waals surface area contributed by atoms with Gasteiger partial charge in [0.05, 0.1) is 0 Å². The highest BCUT2D eigenvalue weighted by Crippen LogP contribution is 2.43. The Kier molecular flexibility index (Phi) is 8.01. The summed E-state index contributed by atoms with van der Waals surface area (Å²) in [5.41, 5.74) is 0.544. The molecule has 2 fully saturated rings. The third-order valence-corrected chi connectivity index (χ3v) is 4.81. The molecule has 1 saturated carbocycles. The summed E-state index contributed by atoms with van der Waals surface area (Å²) < 4.78 is 27.0. The van der Waals surface area contributed by atoms with Gasteiger partial charge in [-0.3, -0.25) is 4.90 Å². The van der Waals surface area contributed by atoms with Crippen LogP contribution in [0.1, 0.15) is 37.3 Å². The number of nitrogens with zero attached hydrogens (tertiary/aromatic N) is 1. The summed E-state index contributed by atoms with van der Waals surface area (Å²) >= 11 is 0. The van der Waals surface area contributed by atoms with Crippen molar-refractivity contribution in [2.45, 2.75) is 31.7 Å². The van der Waals surface area contributed by atoms with Crippen LogP contribution in [0, 0.1) is 17.6 Å². The minimum Gasteiger partial charge on any atom is -0.505 e. The first kappa shape index (κ1) is 20.4. The first-order chi connectivity index (χ1) is 10.2. The summed E-state index contributed by atoms with van der Waals surface area (Å²) in [5.74, 6) is -2.20. The average Bonchev–Trinajstić information content (AvgIpc) is 3.03. The van der Waals surface area contributed by atoms with Crippen LogP contribution in [0.5, 0.6) is 5.75 Å². The Bertz CT molecular complexity index is 507. The number of hydrogen-bond donors (Lipinski definition) is 2. The molecule has 0 spiro atoms. The second kappa shape index (κ2) is 9.02. The van der Waals surface area contributed by atoms with Crippen molar-refractivity contribution in [1.82, 2.24) is 10.2 Å². The quantitative estimate of drug-likeness (QED) is 0.854. The largest absolute Gasteiger partial charge is 0.505 e. The minimum absolute atomic E-state index is 0. The normalized spacial score (nSPS) is 20.6. The summed E-state index contributed by atoms with van der Waals surface area (Å²) in [4.78, 5) is 2.30. The summed E-state index contributed by atoms with van der Waals surface area (Å²) in [6.45, 7) is 3.54. The Hall–Kier alpha value is -0.620. The molecule has 1 aromatic carbocycles. The van der Waals surface area contributed by atoms with Crippen molar-refractivity contribution in [2.75, 3.05) is 26.2 Å². The van der Waals surface area contributed by atoms with E-state index in [1.165, 1.54) is 12.8 Å². The molecule has 1 aliphatic heterocycles. The van der Waals surface area contributed by atoms with Gasteiger partial charge in [0.2, 0.25) is 5.82 Å². The molecule has 1 heterocycles. The maximum Gasteiger partial charge on any atom is 0.200 e. The van der Waals surface area contributed by atoms with E-state index in [4.69, 9.17) is 0 Å². The highest BCUT2D eigenvalue weighted by Gasteiger charge is 2.34. The predicted octanol–water partition coefficient (Wildman–Crippen LogP) is 3.65. The van der Waals surface area contributed by atoms with E-state index in [9.17, 15) is 13.9 Å². The van der Waals surface area contributed by atoms with E-state index in [0.29, 0.717) is 11.5 Å². The summed E-state index contributed by atoms with van der Waals surface area (Å²) in [6, 6.07) is 2.68. The fourth-order valence-electron chi connectivity index (χ4n) is 3.78. The molecule has 0 radical (unpaired) electrons. The molecule has 23 heavy (non-hydrogen) atoms. The lowest BCUT2D eigenvalue weighted by molar-refractivity contribution is 0.122. The van der Waals surface area contributed by atoms with Crippen LogP contribution in [0.2, 0.25) is 0 Å². The van der Waals surface area contributed by atoms with Gasteiger partial charge in [-0.2, -0.15) is 4.39 Å². The summed E-state index contributed by atoms with van der Waals surface area (Å²) in [5, 5.41) is 13.4. The number of halogens is 4. The standard InChI is InChI=1S/C16H22F2N2O.2ClH/c17-13-6-5-12(16(21)14(13)18)15(11-3-1-2-4-11)20-9-7-19-8-10-20;;/h5-6,11,15,19,21H,1-4,7-10H2;2*1H/t15-;;/m0../s1. The van der Waals surface area contributed by atoms with Gasteiger partial charge in [0.15, 0.2) is 11.6 Å². The maximum absolute atomic E-state index is 13.7. The lowest BCUT2D eigenvalue weighted by Crippen LogP contribution is -2.46. The summed E-state index contributed by atoms with van der Waals surface area (Å²) in [7, 11) is 0. The van der Waals surface area contributed by atoms with Gasteiger partial charge in [-0.25, -0.2) is 4.39 Å². The Morgan fingerprint density at radius 3 is 2.30 bits per heavy atom. The van der Waals surface area contributed by atoms with Crippen molar-refractivity contribution < 1.29 is 13.9 Å². The van der Waals surface area contributed by atoms with Gasteiger partial charge in [0, 0.05) is 37.8 Å². The smallest absolute Gasteiger partial charge is 0.200 e. The van der Waals surface area contributed by atoms with Gasteiger partial charge < -0.3 is 10.4 Å². The van der Waals surface area contributed by atoms with Gasteiger partial charge in [0.25, 0.3) is 0 Å². The summed E-state index contributed by atoms with van der Waals surface area (Å²) in [6.07, 6.45) is 4.54. The fourth-order valence-corrected chi connectivity index (χ4v) is 3.78. The molecule has 0 amide bonds. The zero-order valence-corrected chi connectivity index (χ0v) is 14.6. The average molecular weight is 369 g/mol. The number of piperazine rings is 1. The van der Waals surface area contributed by atoms with Gasteiger partial charge >= 0.3 is 0 Å². The van der Waals surface area contributed by atoms with Crippen molar-refractivity contribution in [3.8, 4) is 5.75 Å². The molecule has 1 saturated heterocycles. The molecule has 1 aliphatic carbocycles. The fraction of sp³-hybridized carbons (Fsp3) is 0.625. The highest BCUT2D eigenvalue weighted by atomic mass is 35.5. The lowest BCUT2D eigenvalue weighted by atomic mass is 9.89. The van der Waals surface area contributed by atoms with E-state index in [-0.39, 0.29) is 30.9 Å². The molecule has 0 unspecified atom stereocenters. The third-order valence-electron chi connectivity index (χ3n) is 4.81. The lowest BCUT2D eigenvalue weighted by Gasteiger charge is -2.38. The molecule has 7 heteroatoms. The van der Waals surface area contributed by atoms with E-state index in [0.717, 1.165) is 45.1 Å². The Balaban J connectivity index is 0.00000132. The second-order valence-corrected chi connectivity index (χ2v) is 6.07.